The number of hydrogen-bond donors (Lipinski definition) is 1. The van der Waals surface area contributed by atoms with Gasteiger partial charge in [0.15, 0.2) is 0 Å². The summed E-state index contributed by atoms with van der Waals surface area (Å²) in [6.45, 7) is 0. The number of halogens is 2. The molecule has 4 heteroatoms. The van der Waals surface area contributed by atoms with Gasteiger partial charge in [0.2, 0.25) is 5.91 Å². The van der Waals surface area contributed by atoms with E-state index in [1.807, 2.05) is 0 Å². The summed E-state index contributed by atoms with van der Waals surface area (Å²) in [6.07, 6.45) is 0.167. The van der Waals surface area contributed by atoms with E-state index in [0.717, 1.165) is 5.56 Å². The first-order chi connectivity index (χ1) is 5.58. The van der Waals surface area contributed by atoms with Gasteiger partial charge in [-0.15, -0.1) is 0 Å². The highest BCUT2D eigenvalue weighted by atomic mass is 35.5. The lowest BCUT2D eigenvalue weighted by Gasteiger charge is -1.99. The third-order valence-electron chi connectivity index (χ3n) is 1.30. The van der Waals surface area contributed by atoms with Gasteiger partial charge in [0.1, 0.15) is 0 Å². The zero-order valence-electron chi connectivity index (χ0n) is 6.18. The van der Waals surface area contributed by atoms with Gasteiger partial charge in [-0.3, -0.25) is 4.79 Å². The van der Waals surface area contributed by atoms with Gasteiger partial charge in [0, 0.05) is 10.0 Å². The van der Waals surface area contributed by atoms with Crippen molar-refractivity contribution < 1.29 is 4.79 Å². The van der Waals surface area contributed by atoms with Crippen molar-refractivity contribution in [1.82, 2.24) is 0 Å². The number of benzene rings is 1. The Kier molecular flexibility index (Phi) is 2.95. The molecule has 0 heterocycles. The Hall–Kier alpha value is -0.730. The molecule has 12 heavy (non-hydrogen) atoms. The molecule has 0 atom stereocenters. The summed E-state index contributed by atoms with van der Waals surface area (Å²) in [4.78, 5) is 10.5. The van der Waals surface area contributed by atoms with Gasteiger partial charge in [-0.25, -0.2) is 0 Å². The van der Waals surface area contributed by atoms with Gasteiger partial charge in [0.05, 0.1) is 6.42 Å². The van der Waals surface area contributed by atoms with E-state index in [-0.39, 0.29) is 6.42 Å². The van der Waals surface area contributed by atoms with Crippen molar-refractivity contribution in [2.45, 2.75) is 6.42 Å². The first kappa shape index (κ1) is 9.36. The van der Waals surface area contributed by atoms with E-state index in [0.29, 0.717) is 10.0 Å². The molecule has 0 aliphatic rings. The maximum absolute atomic E-state index is 10.5. The largest absolute Gasteiger partial charge is 0.369 e. The molecule has 0 saturated heterocycles. The van der Waals surface area contributed by atoms with E-state index in [9.17, 15) is 4.79 Å². The van der Waals surface area contributed by atoms with Crippen molar-refractivity contribution in [3.8, 4) is 0 Å². The molecule has 0 fully saturated rings. The summed E-state index contributed by atoms with van der Waals surface area (Å²) in [5.41, 5.74) is 5.74. The molecule has 64 valence electrons. The lowest BCUT2D eigenvalue weighted by Crippen LogP contribution is -2.13. The lowest BCUT2D eigenvalue weighted by molar-refractivity contribution is -0.117. The van der Waals surface area contributed by atoms with Crippen molar-refractivity contribution in [3.63, 3.8) is 0 Å². The van der Waals surface area contributed by atoms with Gasteiger partial charge < -0.3 is 5.73 Å². The maximum Gasteiger partial charge on any atom is 0.221 e. The van der Waals surface area contributed by atoms with Crippen LogP contribution in [0.5, 0.6) is 0 Å². The molecule has 0 aromatic heterocycles. The van der Waals surface area contributed by atoms with Crippen LogP contribution in [0.4, 0.5) is 0 Å². The first-order valence-corrected chi connectivity index (χ1v) is 4.07. The molecule has 0 aliphatic heterocycles. The third-order valence-corrected chi connectivity index (χ3v) is 1.74. The van der Waals surface area contributed by atoms with Crippen LogP contribution >= 0.6 is 23.2 Å². The average Bonchev–Trinajstić information content (AvgIpc) is 1.81. The van der Waals surface area contributed by atoms with E-state index >= 15 is 0 Å². The predicted molar refractivity (Wildman–Crippen MR) is 49.4 cm³/mol. The Morgan fingerprint density at radius 2 is 1.75 bits per heavy atom. The van der Waals surface area contributed by atoms with Crippen molar-refractivity contribution in [1.29, 1.82) is 0 Å². The van der Waals surface area contributed by atoms with Crippen molar-refractivity contribution in [2.24, 2.45) is 5.73 Å². The SMILES string of the molecule is NC(=O)Cc1cc(Cl)cc(Cl)c1. The third kappa shape index (κ3) is 2.72. The molecule has 1 aromatic rings. The summed E-state index contributed by atoms with van der Waals surface area (Å²) < 4.78 is 0. The Bertz CT molecular complexity index is 292. The first-order valence-electron chi connectivity index (χ1n) is 3.31. The second-order valence-electron chi connectivity index (χ2n) is 2.42. The number of nitrogens with two attached hydrogens (primary N) is 1. The molecular weight excluding hydrogens is 197 g/mol. The van der Waals surface area contributed by atoms with Crippen LogP contribution in [0.2, 0.25) is 10.0 Å². The van der Waals surface area contributed by atoms with Gasteiger partial charge in [-0.2, -0.15) is 0 Å². The normalized spacial score (nSPS) is 9.83. The zero-order valence-corrected chi connectivity index (χ0v) is 7.69. The molecule has 2 N–H and O–H groups in total. The summed E-state index contributed by atoms with van der Waals surface area (Å²) in [5, 5.41) is 1.03. The summed E-state index contributed by atoms with van der Waals surface area (Å²) in [5.74, 6) is -0.395. The van der Waals surface area contributed by atoms with E-state index < -0.39 is 5.91 Å². The number of rotatable bonds is 2. The van der Waals surface area contributed by atoms with Gasteiger partial charge in [-0.05, 0) is 23.8 Å². The highest BCUT2D eigenvalue weighted by Crippen LogP contribution is 2.19. The van der Waals surface area contributed by atoms with Crippen LogP contribution in [0.15, 0.2) is 18.2 Å². The van der Waals surface area contributed by atoms with Crippen LogP contribution in [-0.2, 0) is 11.2 Å². The molecule has 0 saturated carbocycles. The molecule has 2 nitrogen and oxygen atoms in total. The van der Waals surface area contributed by atoms with Gasteiger partial charge >= 0.3 is 0 Å². The minimum atomic E-state index is -0.395. The maximum atomic E-state index is 10.5. The highest BCUT2D eigenvalue weighted by molar-refractivity contribution is 6.34. The second kappa shape index (κ2) is 3.78. The van der Waals surface area contributed by atoms with Gasteiger partial charge in [-0.1, -0.05) is 23.2 Å². The summed E-state index contributed by atoms with van der Waals surface area (Å²) in [7, 11) is 0. The van der Waals surface area contributed by atoms with Crippen LogP contribution in [-0.4, -0.2) is 5.91 Å². The monoisotopic (exact) mass is 203 g/mol. The molecule has 1 aromatic carbocycles. The Balaban J connectivity index is 2.93. The molecular formula is C8H7Cl2NO. The summed E-state index contributed by atoms with van der Waals surface area (Å²) in [6, 6.07) is 4.93. The van der Waals surface area contributed by atoms with Crippen LogP contribution in [0.1, 0.15) is 5.56 Å². The quantitative estimate of drug-likeness (QED) is 0.786. The Morgan fingerprint density at radius 1 is 1.25 bits per heavy atom. The smallest absolute Gasteiger partial charge is 0.221 e. The number of amides is 1. The Morgan fingerprint density at radius 3 is 2.17 bits per heavy atom. The topological polar surface area (TPSA) is 43.1 Å². The van der Waals surface area contributed by atoms with Crippen LogP contribution in [0.3, 0.4) is 0 Å². The predicted octanol–water partition coefficient (Wildman–Crippen LogP) is 2.02. The molecule has 0 unspecified atom stereocenters. The van der Waals surface area contributed by atoms with Crippen molar-refractivity contribution >= 4 is 29.1 Å². The molecule has 1 rings (SSSR count). The number of carbonyl (C=O) groups is 1. The van der Waals surface area contributed by atoms with Crippen LogP contribution < -0.4 is 5.73 Å². The van der Waals surface area contributed by atoms with Crippen LogP contribution in [0.25, 0.3) is 0 Å². The number of carbonyl (C=O) groups excluding carboxylic acids is 1. The average molecular weight is 204 g/mol. The zero-order chi connectivity index (χ0) is 9.14. The fourth-order valence-electron chi connectivity index (χ4n) is 0.914. The molecule has 0 bridgehead atoms. The minimum Gasteiger partial charge on any atom is -0.369 e. The Labute approximate surface area is 80.3 Å². The molecule has 0 radical (unpaired) electrons. The van der Waals surface area contributed by atoms with E-state index in [4.69, 9.17) is 28.9 Å². The molecule has 0 aliphatic carbocycles. The standard InChI is InChI=1S/C8H7Cl2NO/c9-6-1-5(3-8(11)12)2-7(10)4-6/h1-2,4H,3H2,(H2,11,12). The fraction of sp³-hybridized carbons (Fsp3) is 0.125. The molecule has 0 spiro atoms. The van der Waals surface area contributed by atoms with Crippen molar-refractivity contribution in [2.75, 3.05) is 0 Å². The van der Waals surface area contributed by atoms with E-state index in [1.54, 1.807) is 18.2 Å². The fourth-order valence-corrected chi connectivity index (χ4v) is 1.49. The minimum absolute atomic E-state index is 0.167. The number of primary amides is 1. The van der Waals surface area contributed by atoms with Gasteiger partial charge in [0.25, 0.3) is 0 Å². The highest BCUT2D eigenvalue weighted by Gasteiger charge is 2.00. The lowest BCUT2D eigenvalue weighted by atomic mass is 10.1. The number of hydrogen-bond acceptors (Lipinski definition) is 1. The molecule has 1 amide bonds. The van der Waals surface area contributed by atoms with E-state index in [2.05, 4.69) is 0 Å². The second-order valence-corrected chi connectivity index (χ2v) is 3.29. The summed E-state index contributed by atoms with van der Waals surface area (Å²) >= 11 is 11.4. The van der Waals surface area contributed by atoms with Crippen LogP contribution in [0, 0.1) is 0 Å². The van der Waals surface area contributed by atoms with E-state index in [1.165, 1.54) is 0 Å². The van der Waals surface area contributed by atoms with Crippen molar-refractivity contribution in [3.05, 3.63) is 33.8 Å².